The molecule has 0 radical (unpaired) electrons. The Hall–Kier alpha value is -2.12. The van der Waals surface area contributed by atoms with E-state index in [1.165, 1.54) is 27.7 Å². The van der Waals surface area contributed by atoms with Crippen LogP contribution in [0.4, 0.5) is 0 Å². The number of nitrogens with zero attached hydrogens (tertiary/aromatic N) is 1. The van der Waals surface area contributed by atoms with Gasteiger partial charge in [0.25, 0.3) is 0 Å². The van der Waals surface area contributed by atoms with Gasteiger partial charge in [0.1, 0.15) is 0 Å². The first-order chi connectivity index (χ1) is 16.4. The van der Waals surface area contributed by atoms with Crippen molar-refractivity contribution >= 4 is 23.5 Å². The van der Waals surface area contributed by atoms with E-state index in [0.29, 0.717) is 6.61 Å². The van der Waals surface area contributed by atoms with Crippen molar-refractivity contribution < 1.29 is 19.2 Å². The molecule has 3 aromatic rings. The van der Waals surface area contributed by atoms with E-state index < -0.39 is 18.3 Å². The minimum atomic E-state index is -0.419. The van der Waals surface area contributed by atoms with Crippen molar-refractivity contribution in [2.75, 3.05) is 13.7 Å². The summed E-state index contributed by atoms with van der Waals surface area (Å²) in [5.41, 5.74) is 5.91. The molecule has 0 spiro atoms. The molecule has 4 rings (SSSR count). The summed E-state index contributed by atoms with van der Waals surface area (Å²) in [6.45, 7) is 16.2. The Morgan fingerprint density at radius 1 is 1.03 bits per heavy atom. The van der Waals surface area contributed by atoms with Crippen LogP contribution in [0.15, 0.2) is 42.5 Å². The molecule has 0 atom stereocenters. The summed E-state index contributed by atoms with van der Waals surface area (Å²) in [7, 11) is 1.32. The van der Waals surface area contributed by atoms with E-state index in [2.05, 4.69) is 95.5 Å². The van der Waals surface area contributed by atoms with Gasteiger partial charge in [-0.1, -0.05) is 50.2 Å². The van der Waals surface area contributed by atoms with E-state index >= 15 is 0 Å². The summed E-state index contributed by atoms with van der Waals surface area (Å²) in [5, 5.41) is 11.4. The Morgan fingerprint density at radius 2 is 1.69 bits per heavy atom. The molecule has 1 aliphatic heterocycles. The first-order valence-corrected chi connectivity index (χ1v) is 12.6. The van der Waals surface area contributed by atoms with Crippen LogP contribution in [0.1, 0.15) is 59.6 Å². The zero-order chi connectivity index (χ0) is 25.6. The van der Waals surface area contributed by atoms with Gasteiger partial charge >= 0.3 is 7.12 Å². The fourth-order valence-corrected chi connectivity index (χ4v) is 4.95. The van der Waals surface area contributed by atoms with Crippen LogP contribution in [0, 0.1) is 5.41 Å². The van der Waals surface area contributed by atoms with E-state index in [1.54, 1.807) is 7.11 Å². The largest absolute Gasteiger partial charge is 0.494 e. The number of aliphatic hydroxyl groups excluding tert-OH is 1. The van der Waals surface area contributed by atoms with Crippen molar-refractivity contribution in [3.63, 3.8) is 0 Å². The van der Waals surface area contributed by atoms with E-state index in [1.807, 2.05) is 0 Å². The molecule has 5 nitrogen and oxygen atoms in total. The number of benzene rings is 2. The second-order valence-electron chi connectivity index (χ2n) is 11.5. The highest BCUT2D eigenvalue weighted by atomic mass is 16.7. The van der Waals surface area contributed by atoms with Gasteiger partial charge in [0, 0.05) is 36.7 Å². The highest BCUT2D eigenvalue weighted by Gasteiger charge is 2.51. The van der Waals surface area contributed by atoms with Crippen molar-refractivity contribution in [1.29, 1.82) is 0 Å². The molecule has 2 aromatic carbocycles. The minimum Gasteiger partial charge on any atom is -0.399 e. The SMILES string of the molecule is CCn1c(-c2ccccc2COC)c(CC(C)(C)CO)c2cc(B3OC(C)(C)C(C)(C)O3)ccc21. The van der Waals surface area contributed by atoms with Crippen LogP contribution in [0.25, 0.3) is 22.2 Å². The van der Waals surface area contributed by atoms with Gasteiger partial charge in [0.2, 0.25) is 0 Å². The molecule has 6 heteroatoms. The Kier molecular flexibility index (Phi) is 6.97. The van der Waals surface area contributed by atoms with Crippen molar-refractivity contribution in [1.82, 2.24) is 4.57 Å². The molecule has 0 unspecified atom stereocenters. The summed E-state index contributed by atoms with van der Waals surface area (Å²) in [4.78, 5) is 0. The molecule has 35 heavy (non-hydrogen) atoms. The van der Waals surface area contributed by atoms with Crippen molar-refractivity contribution in [2.45, 2.75) is 79.2 Å². The van der Waals surface area contributed by atoms with Crippen LogP contribution < -0.4 is 5.46 Å². The molecule has 2 heterocycles. The van der Waals surface area contributed by atoms with Gasteiger partial charge < -0.3 is 23.7 Å². The van der Waals surface area contributed by atoms with E-state index in [-0.39, 0.29) is 12.0 Å². The molecule has 188 valence electrons. The van der Waals surface area contributed by atoms with Gasteiger partial charge in [0.15, 0.2) is 0 Å². The van der Waals surface area contributed by atoms with Crippen LogP contribution in [0.2, 0.25) is 0 Å². The third-order valence-electron chi connectivity index (χ3n) is 7.69. The molecule has 1 saturated heterocycles. The van der Waals surface area contributed by atoms with Gasteiger partial charge in [0.05, 0.1) is 23.5 Å². The van der Waals surface area contributed by atoms with Gasteiger partial charge in [-0.25, -0.2) is 0 Å². The smallest absolute Gasteiger partial charge is 0.399 e. The summed E-state index contributed by atoms with van der Waals surface area (Å²) < 4.78 is 20.7. The lowest BCUT2D eigenvalue weighted by atomic mass is 9.77. The Labute approximate surface area is 210 Å². The molecule has 0 saturated carbocycles. The lowest BCUT2D eigenvalue weighted by Gasteiger charge is -2.32. The zero-order valence-electron chi connectivity index (χ0n) is 22.6. The van der Waals surface area contributed by atoms with Crippen molar-refractivity contribution in [2.24, 2.45) is 5.41 Å². The second-order valence-corrected chi connectivity index (χ2v) is 11.5. The number of hydrogen-bond donors (Lipinski definition) is 1. The molecule has 0 bridgehead atoms. The summed E-state index contributed by atoms with van der Waals surface area (Å²) >= 11 is 0. The van der Waals surface area contributed by atoms with Crippen LogP contribution >= 0.6 is 0 Å². The number of aryl methyl sites for hydroxylation is 1. The van der Waals surface area contributed by atoms with Gasteiger partial charge in [-0.05, 0) is 69.1 Å². The number of methoxy groups -OCH3 is 1. The average Bonchev–Trinajstić information content (AvgIpc) is 3.22. The molecule has 1 fully saturated rings. The van der Waals surface area contributed by atoms with Crippen molar-refractivity contribution in [3.8, 4) is 11.3 Å². The van der Waals surface area contributed by atoms with Gasteiger partial charge in [-0.15, -0.1) is 0 Å². The van der Waals surface area contributed by atoms with E-state index in [0.717, 1.165) is 24.0 Å². The Bertz CT molecular complexity index is 1190. The summed E-state index contributed by atoms with van der Waals surface area (Å²) in [6, 6.07) is 15.0. The highest BCUT2D eigenvalue weighted by molar-refractivity contribution is 6.62. The number of aromatic nitrogens is 1. The first-order valence-electron chi connectivity index (χ1n) is 12.6. The monoisotopic (exact) mass is 477 g/mol. The molecule has 1 aliphatic rings. The first kappa shape index (κ1) is 26.0. The van der Waals surface area contributed by atoms with Crippen LogP contribution in [0.3, 0.4) is 0 Å². The average molecular weight is 477 g/mol. The quantitative estimate of drug-likeness (QED) is 0.446. The third-order valence-corrected chi connectivity index (χ3v) is 7.69. The Balaban J connectivity index is 1.96. The number of hydrogen-bond acceptors (Lipinski definition) is 4. The maximum absolute atomic E-state index is 10.2. The standard InChI is InChI=1S/C29H40BNO4/c1-9-31-25-15-14-21(30-34-28(4,5)29(6,7)35-30)16-23(25)24(17-27(2,3)19-32)26(31)22-13-11-10-12-20(22)18-33-8/h10-16,32H,9,17-19H2,1-8H3. The van der Waals surface area contributed by atoms with Crippen LogP contribution in [-0.2, 0) is 33.6 Å². The fraction of sp³-hybridized carbons (Fsp3) is 0.517. The summed E-state index contributed by atoms with van der Waals surface area (Å²) in [5.74, 6) is 0. The summed E-state index contributed by atoms with van der Waals surface area (Å²) in [6.07, 6.45) is 0.746. The van der Waals surface area contributed by atoms with Crippen LogP contribution in [0.5, 0.6) is 0 Å². The second kappa shape index (κ2) is 9.40. The number of aliphatic hydroxyl groups is 1. The molecule has 1 N–H and O–H groups in total. The van der Waals surface area contributed by atoms with Gasteiger partial charge in [-0.2, -0.15) is 0 Å². The normalized spacial score (nSPS) is 17.5. The molecular formula is C29H40BNO4. The highest BCUT2D eigenvalue weighted by Crippen LogP contribution is 2.40. The molecule has 0 aliphatic carbocycles. The molecule has 0 amide bonds. The predicted molar refractivity (Wildman–Crippen MR) is 144 cm³/mol. The molecule has 1 aromatic heterocycles. The Morgan fingerprint density at radius 3 is 2.29 bits per heavy atom. The maximum Gasteiger partial charge on any atom is 0.494 e. The van der Waals surface area contributed by atoms with E-state index in [9.17, 15) is 5.11 Å². The number of ether oxygens (including phenoxy) is 1. The van der Waals surface area contributed by atoms with Crippen LogP contribution in [-0.4, -0.2) is 41.7 Å². The predicted octanol–water partition coefficient (Wildman–Crippen LogP) is 5.33. The lowest BCUT2D eigenvalue weighted by molar-refractivity contribution is 0.00578. The zero-order valence-corrected chi connectivity index (χ0v) is 22.6. The lowest BCUT2D eigenvalue weighted by Crippen LogP contribution is -2.41. The van der Waals surface area contributed by atoms with E-state index in [4.69, 9.17) is 14.0 Å². The number of fused-ring (bicyclic) bond motifs is 1. The van der Waals surface area contributed by atoms with Gasteiger partial charge in [-0.3, -0.25) is 0 Å². The topological polar surface area (TPSA) is 52.9 Å². The number of rotatable bonds is 8. The fourth-order valence-electron chi connectivity index (χ4n) is 4.95. The molecular weight excluding hydrogens is 437 g/mol. The minimum absolute atomic E-state index is 0.113. The third kappa shape index (κ3) is 4.69. The maximum atomic E-state index is 10.2. The van der Waals surface area contributed by atoms with Crippen molar-refractivity contribution in [3.05, 3.63) is 53.6 Å².